The maximum atomic E-state index is 10.8. The van der Waals surface area contributed by atoms with E-state index in [-0.39, 0.29) is 5.69 Å². The zero-order valence-electron chi connectivity index (χ0n) is 5.88. The van der Waals surface area contributed by atoms with Crippen LogP contribution in [0.25, 0.3) is 0 Å². The summed E-state index contributed by atoms with van der Waals surface area (Å²) in [7, 11) is -1.63. The summed E-state index contributed by atoms with van der Waals surface area (Å²) in [6.07, 6.45) is 0. The first-order chi connectivity index (χ1) is 5.52. The van der Waals surface area contributed by atoms with Gasteiger partial charge in [0.1, 0.15) is 11.0 Å². The lowest BCUT2D eigenvalue weighted by Gasteiger charge is -2.03. The van der Waals surface area contributed by atoms with E-state index in [0.29, 0.717) is 14.9 Å². The van der Waals surface area contributed by atoms with Crippen LogP contribution in [0.4, 0.5) is 5.69 Å². The molecule has 12 heavy (non-hydrogen) atoms. The van der Waals surface area contributed by atoms with Gasteiger partial charge in [0.05, 0.1) is 20.6 Å². The van der Waals surface area contributed by atoms with Crippen molar-refractivity contribution >= 4 is 39.9 Å². The van der Waals surface area contributed by atoms with E-state index in [1.807, 2.05) is 0 Å². The van der Waals surface area contributed by atoms with E-state index in [4.69, 9.17) is 34.1 Å². The first kappa shape index (κ1) is 9.80. The molecule has 0 fully saturated rings. The van der Waals surface area contributed by atoms with Crippen molar-refractivity contribution < 1.29 is 4.21 Å². The molecule has 3 nitrogen and oxygen atoms in total. The van der Waals surface area contributed by atoms with Gasteiger partial charge in [0, 0.05) is 0 Å². The van der Waals surface area contributed by atoms with Gasteiger partial charge in [-0.15, -0.1) is 0 Å². The molecular weight excluding hydrogens is 219 g/mol. The number of hydrogen-bond acceptors (Lipinski definition) is 2. The number of rotatable bonds is 1. The molecule has 66 valence electrons. The Morgan fingerprint density at radius 2 is 1.75 bits per heavy atom. The molecule has 0 amide bonds. The first-order valence-corrected chi connectivity index (χ1v) is 4.90. The molecule has 6 heteroatoms. The lowest BCUT2D eigenvalue weighted by Crippen LogP contribution is -2.06. The highest BCUT2D eigenvalue weighted by atomic mass is 35.5. The van der Waals surface area contributed by atoms with Crippen LogP contribution in [0.2, 0.25) is 10.0 Å². The Kier molecular flexibility index (Phi) is 2.95. The fourth-order valence-corrected chi connectivity index (χ4v) is 1.64. The molecule has 0 spiro atoms. The fraction of sp³-hybridized carbons (Fsp3) is 0. The molecule has 1 aromatic carbocycles. The van der Waals surface area contributed by atoms with E-state index in [1.165, 1.54) is 12.1 Å². The van der Waals surface area contributed by atoms with Gasteiger partial charge in [0.25, 0.3) is 0 Å². The van der Waals surface area contributed by atoms with Crippen LogP contribution >= 0.6 is 23.2 Å². The average molecular weight is 225 g/mol. The average Bonchev–Trinajstić information content (AvgIpc) is 1.96. The van der Waals surface area contributed by atoms with Gasteiger partial charge in [-0.25, -0.2) is 9.35 Å². The van der Waals surface area contributed by atoms with Crippen LogP contribution in [0.3, 0.4) is 0 Å². The molecule has 1 aromatic rings. The molecule has 0 aliphatic rings. The predicted molar refractivity (Wildman–Crippen MR) is 51.5 cm³/mol. The third-order valence-electron chi connectivity index (χ3n) is 1.27. The molecule has 1 unspecified atom stereocenters. The quantitative estimate of drug-likeness (QED) is 0.712. The van der Waals surface area contributed by atoms with Crippen LogP contribution < -0.4 is 10.9 Å². The van der Waals surface area contributed by atoms with Gasteiger partial charge >= 0.3 is 0 Å². The van der Waals surface area contributed by atoms with Crippen LogP contribution in [0.5, 0.6) is 0 Å². The van der Waals surface area contributed by atoms with Gasteiger partial charge in [-0.2, -0.15) is 0 Å². The van der Waals surface area contributed by atoms with E-state index in [2.05, 4.69) is 0 Å². The Labute approximate surface area is 82.2 Å². The topological polar surface area (TPSA) is 69.1 Å². The molecule has 0 aliphatic carbocycles. The Morgan fingerprint density at radius 3 is 2.25 bits per heavy atom. The van der Waals surface area contributed by atoms with Gasteiger partial charge in [0.15, 0.2) is 0 Å². The minimum atomic E-state index is -1.63. The number of anilines is 1. The summed E-state index contributed by atoms with van der Waals surface area (Å²) in [4.78, 5) is 0.296. The maximum absolute atomic E-state index is 10.8. The molecule has 1 rings (SSSR count). The predicted octanol–water partition coefficient (Wildman–Crippen LogP) is 1.56. The molecule has 0 saturated carbocycles. The van der Waals surface area contributed by atoms with Crippen molar-refractivity contribution in [2.75, 3.05) is 5.73 Å². The zero-order chi connectivity index (χ0) is 9.30. The maximum Gasteiger partial charge on any atom is 0.124 e. The van der Waals surface area contributed by atoms with E-state index in [9.17, 15) is 4.21 Å². The van der Waals surface area contributed by atoms with Crippen molar-refractivity contribution in [1.29, 1.82) is 0 Å². The molecule has 4 N–H and O–H groups in total. The molecule has 0 aromatic heterocycles. The van der Waals surface area contributed by atoms with E-state index in [1.54, 1.807) is 0 Å². The number of halogens is 2. The highest BCUT2D eigenvalue weighted by Gasteiger charge is 2.07. The minimum Gasteiger partial charge on any atom is -0.398 e. The lowest BCUT2D eigenvalue weighted by molar-refractivity contribution is 0.684. The third kappa shape index (κ3) is 1.90. The Balaban J connectivity index is 3.33. The fourth-order valence-electron chi connectivity index (χ4n) is 0.718. The summed E-state index contributed by atoms with van der Waals surface area (Å²) >= 11 is 11.3. The monoisotopic (exact) mass is 224 g/mol. The molecule has 1 atom stereocenters. The van der Waals surface area contributed by atoms with Gasteiger partial charge in [-0.1, -0.05) is 23.2 Å². The second-order valence-corrected chi connectivity index (χ2v) is 3.95. The second-order valence-electron chi connectivity index (χ2n) is 2.10. The summed E-state index contributed by atoms with van der Waals surface area (Å²) in [5.74, 6) is 0. The number of benzene rings is 1. The van der Waals surface area contributed by atoms with E-state index < -0.39 is 11.0 Å². The molecule has 0 aliphatic heterocycles. The Hall–Kier alpha value is -0.290. The highest BCUT2D eigenvalue weighted by molar-refractivity contribution is 7.82. The number of nitrogens with two attached hydrogens (primary N) is 2. The summed E-state index contributed by atoms with van der Waals surface area (Å²) in [5, 5.41) is 5.74. The van der Waals surface area contributed by atoms with E-state index in [0.717, 1.165) is 0 Å². The summed E-state index contributed by atoms with van der Waals surface area (Å²) in [6, 6.07) is 2.82. The molecule has 0 bridgehead atoms. The van der Waals surface area contributed by atoms with Gasteiger partial charge < -0.3 is 5.73 Å². The van der Waals surface area contributed by atoms with Crippen molar-refractivity contribution in [1.82, 2.24) is 0 Å². The van der Waals surface area contributed by atoms with E-state index >= 15 is 0 Å². The molecule has 0 radical (unpaired) electrons. The standard InChI is InChI=1S/C6H6Cl2N2OS/c7-3-1-5(9)6(12(10)11)2-4(3)8/h1-2H,9-10H2. The third-order valence-corrected chi connectivity index (χ3v) is 2.78. The Morgan fingerprint density at radius 1 is 1.25 bits per heavy atom. The second kappa shape index (κ2) is 3.62. The van der Waals surface area contributed by atoms with Crippen molar-refractivity contribution in [3.63, 3.8) is 0 Å². The summed E-state index contributed by atoms with van der Waals surface area (Å²) in [6.45, 7) is 0. The molecular formula is C6H6Cl2N2OS. The van der Waals surface area contributed by atoms with Crippen molar-refractivity contribution in [2.45, 2.75) is 4.90 Å². The number of hydrogen-bond donors (Lipinski definition) is 2. The van der Waals surface area contributed by atoms with Crippen molar-refractivity contribution in [3.05, 3.63) is 22.2 Å². The molecule has 0 heterocycles. The highest BCUT2D eigenvalue weighted by Crippen LogP contribution is 2.28. The summed E-state index contributed by atoms with van der Waals surface area (Å²) < 4.78 is 10.8. The first-order valence-electron chi connectivity index (χ1n) is 2.93. The normalized spacial score (nSPS) is 12.9. The lowest BCUT2D eigenvalue weighted by atomic mass is 10.3. The Bertz CT molecular complexity index is 343. The van der Waals surface area contributed by atoms with Crippen molar-refractivity contribution in [2.24, 2.45) is 5.14 Å². The largest absolute Gasteiger partial charge is 0.398 e. The van der Waals surface area contributed by atoms with Crippen molar-refractivity contribution in [3.8, 4) is 0 Å². The van der Waals surface area contributed by atoms with Gasteiger partial charge in [-0.3, -0.25) is 0 Å². The van der Waals surface area contributed by atoms with Crippen LogP contribution in [-0.4, -0.2) is 4.21 Å². The van der Waals surface area contributed by atoms with Crippen LogP contribution in [0.15, 0.2) is 17.0 Å². The zero-order valence-corrected chi connectivity index (χ0v) is 8.21. The minimum absolute atomic E-state index is 0.283. The van der Waals surface area contributed by atoms with Crippen LogP contribution in [0.1, 0.15) is 0 Å². The SMILES string of the molecule is Nc1cc(Cl)c(Cl)cc1S(N)=O. The number of nitrogen functional groups attached to an aromatic ring is 1. The molecule has 0 saturated heterocycles. The van der Waals surface area contributed by atoms with Gasteiger partial charge in [-0.05, 0) is 12.1 Å². The van der Waals surface area contributed by atoms with Gasteiger partial charge in [0.2, 0.25) is 0 Å². The smallest absolute Gasteiger partial charge is 0.124 e. The summed E-state index contributed by atoms with van der Waals surface area (Å²) in [5.41, 5.74) is 5.76. The van der Waals surface area contributed by atoms with Crippen LogP contribution in [-0.2, 0) is 11.0 Å². The van der Waals surface area contributed by atoms with Crippen LogP contribution in [0, 0.1) is 0 Å².